The highest BCUT2D eigenvalue weighted by Gasteiger charge is 2.27. The van der Waals surface area contributed by atoms with Crippen molar-refractivity contribution in [2.24, 2.45) is 5.73 Å². The summed E-state index contributed by atoms with van der Waals surface area (Å²) in [6, 6.07) is 8.29. The number of nitrogens with two attached hydrogens (primary N) is 1. The van der Waals surface area contributed by atoms with Gasteiger partial charge in [0, 0.05) is 11.6 Å². The fourth-order valence-corrected chi connectivity index (χ4v) is 2.93. The van der Waals surface area contributed by atoms with Gasteiger partial charge in [0.05, 0.1) is 5.92 Å². The van der Waals surface area contributed by atoms with Crippen molar-refractivity contribution in [3.8, 4) is 11.4 Å². The molecule has 1 aromatic heterocycles. The number of nitrogens with zero attached hydrogens (tertiary/aromatic N) is 2. The number of hydrogen-bond acceptors (Lipinski definition) is 4. The smallest absolute Gasteiger partial charge is 0.231 e. The SMILES string of the molecule is Cc1cccc(-c2noc(C3CCCCCC3N)n2)c1. The number of aromatic nitrogens is 2. The molecule has 2 atom stereocenters. The maximum atomic E-state index is 6.26. The van der Waals surface area contributed by atoms with E-state index >= 15 is 0 Å². The van der Waals surface area contributed by atoms with E-state index in [-0.39, 0.29) is 12.0 Å². The van der Waals surface area contributed by atoms with Crippen LogP contribution in [-0.4, -0.2) is 16.2 Å². The summed E-state index contributed by atoms with van der Waals surface area (Å²) in [5.41, 5.74) is 8.45. The van der Waals surface area contributed by atoms with Crippen molar-refractivity contribution >= 4 is 0 Å². The Morgan fingerprint density at radius 3 is 2.90 bits per heavy atom. The zero-order valence-corrected chi connectivity index (χ0v) is 11.9. The van der Waals surface area contributed by atoms with E-state index in [1.807, 2.05) is 12.1 Å². The lowest BCUT2D eigenvalue weighted by Gasteiger charge is -2.16. The van der Waals surface area contributed by atoms with E-state index in [9.17, 15) is 0 Å². The minimum atomic E-state index is 0.142. The highest BCUT2D eigenvalue weighted by atomic mass is 16.5. The first-order valence-electron chi connectivity index (χ1n) is 7.40. The topological polar surface area (TPSA) is 64.9 Å². The fourth-order valence-electron chi connectivity index (χ4n) is 2.93. The van der Waals surface area contributed by atoms with Crippen molar-refractivity contribution in [3.63, 3.8) is 0 Å². The van der Waals surface area contributed by atoms with E-state index in [2.05, 4.69) is 29.2 Å². The van der Waals surface area contributed by atoms with Crippen LogP contribution in [-0.2, 0) is 0 Å². The second-order valence-corrected chi connectivity index (χ2v) is 5.73. The van der Waals surface area contributed by atoms with Gasteiger partial charge in [0.25, 0.3) is 0 Å². The lowest BCUT2D eigenvalue weighted by atomic mass is 9.95. The molecule has 0 radical (unpaired) electrons. The molecule has 2 aromatic rings. The van der Waals surface area contributed by atoms with E-state index in [4.69, 9.17) is 10.3 Å². The summed E-state index contributed by atoms with van der Waals surface area (Å²) in [5.74, 6) is 1.58. The number of hydrogen-bond donors (Lipinski definition) is 1. The average molecular weight is 271 g/mol. The Morgan fingerprint density at radius 2 is 2.05 bits per heavy atom. The van der Waals surface area contributed by atoms with Gasteiger partial charge in [0.15, 0.2) is 0 Å². The normalized spacial score (nSPS) is 23.5. The van der Waals surface area contributed by atoms with Gasteiger partial charge in [-0.15, -0.1) is 0 Å². The maximum Gasteiger partial charge on any atom is 0.231 e. The minimum Gasteiger partial charge on any atom is -0.339 e. The molecule has 0 saturated heterocycles. The van der Waals surface area contributed by atoms with Crippen LogP contribution in [0.4, 0.5) is 0 Å². The summed E-state index contributed by atoms with van der Waals surface area (Å²) in [6.07, 6.45) is 5.75. The Balaban J connectivity index is 1.86. The number of aryl methyl sites for hydroxylation is 1. The molecule has 20 heavy (non-hydrogen) atoms. The second kappa shape index (κ2) is 5.75. The standard InChI is InChI=1S/C16H21N3O/c1-11-6-5-7-12(10-11)15-18-16(20-19-15)13-8-3-2-4-9-14(13)17/h5-7,10,13-14H,2-4,8-9,17H2,1H3. The summed E-state index contributed by atoms with van der Waals surface area (Å²) in [6.45, 7) is 2.06. The van der Waals surface area contributed by atoms with Gasteiger partial charge in [-0.1, -0.05) is 48.2 Å². The molecule has 4 heteroatoms. The summed E-state index contributed by atoms with van der Waals surface area (Å²) in [4.78, 5) is 4.58. The van der Waals surface area contributed by atoms with E-state index in [0.29, 0.717) is 11.7 Å². The minimum absolute atomic E-state index is 0.142. The molecule has 106 valence electrons. The van der Waals surface area contributed by atoms with Crippen LogP contribution in [0.1, 0.15) is 49.5 Å². The van der Waals surface area contributed by atoms with Crippen LogP contribution in [0.2, 0.25) is 0 Å². The molecule has 1 saturated carbocycles. The number of rotatable bonds is 2. The van der Waals surface area contributed by atoms with Gasteiger partial charge >= 0.3 is 0 Å². The van der Waals surface area contributed by atoms with E-state index in [1.165, 1.54) is 24.8 Å². The first kappa shape index (κ1) is 13.3. The molecule has 1 aromatic carbocycles. The van der Waals surface area contributed by atoms with Gasteiger partial charge in [-0.25, -0.2) is 0 Å². The van der Waals surface area contributed by atoms with Gasteiger partial charge in [-0.3, -0.25) is 0 Å². The van der Waals surface area contributed by atoms with Crippen molar-refractivity contribution in [3.05, 3.63) is 35.7 Å². The molecule has 1 aliphatic rings. The lowest BCUT2D eigenvalue weighted by Crippen LogP contribution is -2.27. The van der Waals surface area contributed by atoms with Crippen LogP contribution in [0.25, 0.3) is 11.4 Å². The molecule has 0 bridgehead atoms. The predicted molar refractivity (Wildman–Crippen MR) is 78.3 cm³/mol. The lowest BCUT2D eigenvalue weighted by molar-refractivity contribution is 0.326. The Hall–Kier alpha value is -1.68. The largest absolute Gasteiger partial charge is 0.339 e. The van der Waals surface area contributed by atoms with Crippen LogP contribution >= 0.6 is 0 Å². The molecule has 0 amide bonds. The highest BCUT2D eigenvalue weighted by Crippen LogP contribution is 2.31. The van der Waals surface area contributed by atoms with Gasteiger partial charge in [-0.05, 0) is 25.8 Å². The Kier molecular flexibility index (Phi) is 3.83. The third-order valence-corrected chi connectivity index (χ3v) is 4.10. The second-order valence-electron chi connectivity index (χ2n) is 5.73. The van der Waals surface area contributed by atoms with Crippen molar-refractivity contribution < 1.29 is 4.52 Å². The van der Waals surface area contributed by atoms with Crippen LogP contribution in [0.15, 0.2) is 28.8 Å². The summed E-state index contributed by atoms with van der Waals surface area (Å²) in [5, 5.41) is 4.13. The Morgan fingerprint density at radius 1 is 1.20 bits per heavy atom. The van der Waals surface area contributed by atoms with Gasteiger partial charge in [-0.2, -0.15) is 4.98 Å². The van der Waals surface area contributed by atoms with Crippen LogP contribution in [0.3, 0.4) is 0 Å². The molecule has 2 N–H and O–H groups in total. The fraction of sp³-hybridized carbons (Fsp3) is 0.500. The summed E-state index contributed by atoms with van der Waals surface area (Å²) in [7, 11) is 0. The zero-order valence-electron chi connectivity index (χ0n) is 11.9. The first-order chi connectivity index (χ1) is 9.74. The summed E-state index contributed by atoms with van der Waals surface area (Å²) < 4.78 is 5.48. The molecule has 1 fully saturated rings. The van der Waals surface area contributed by atoms with E-state index in [1.54, 1.807) is 0 Å². The predicted octanol–water partition coefficient (Wildman–Crippen LogP) is 3.42. The molecule has 2 unspecified atom stereocenters. The van der Waals surface area contributed by atoms with Crippen LogP contribution in [0.5, 0.6) is 0 Å². The maximum absolute atomic E-state index is 6.26. The van der Waals surface area contributed by atoms with Crippen molar-refractivity contribution in [1.82, 2.24) is 10.1 Å². The molecule has 1 heterocycles. The van der Waals surface area contributed by atoms with Gasteiger partial charge < -0.3 is 10.3 Å². The van der Waals surface area contributed by atoms with Crippen LogP contribution < -0.4 is 5.73 Å². The molecule has 4 nitrogen and oxygen atoms in total. The van der Waals surface area contributed by atoms with Crippen LogP contribution in [0, 0.1) is 6.92 Å². The third kappa shape index (κ3) is 2.75. The first-order valence-corrected chi connectivity index (χ1v) is 7.40. The van der Waals surface area contributed by atoms with Crippen molar-refractivity contribution in [1.29, 1.82) is 0 Å². The van der Waals surface area contributed by atoms with Crippen molar-refractivity contribution in [2.45, 2.75) is 51.0 Å². The molecule has 0 spiro atoms. The monoisotopic (exact) mass is 271 g/mol. The average Bonchev–Trinajstić information content (AvgIpc) is 2.82. The van der Waals surface area contributed by atoms with Gasteiger partial charge in [0.1, 0.15) is 0 Å². The van der Waals surface area contributed by atoms with E-state index in [0.717, 1.165) is 18.4 Å². The van der Waals surface area contributed by atoms with E-state index < -0.39 is 0 Å². The molecule has 1 aliphatic carbocycles. The highest BCUT2D eigenvalue weighted by molar-refractivity contribution is 5.55. The molecule has 0 aliphatic heterocycles. The third-order valence-electron chi connectivity index (χ3n) is 4.10. The molecular formula is C16H21N3O. The zero-order chi connectivity index (χ0) is 13.9. The number of benzene rings is 1. The quantitative estimate of drug-likeness (QED) is 0.850. The summed E-state index contributed by atoms with van der Waals surface area (Å²) >= 11 is 0. The van der Waals surface area contributed by atoms with Gasteiger partial charge in [0.2, 0.25) is 11.7 Å². The molecule has 3 rings (SSSR count). The Bertz CT molecular complexity index is 579. The van der Waals surface area contributed by atoms with Crippen molar-refractivity contribution in [2.75, 3.05) is 0 Å². The Labute approximate surface area is 119 Å². The molecular weight excluding hydrogens is 250 g/mol.